The van der Waals surface area contributed by atoms with Gasteiger partial charge in [0.2, 0.25) is 0 Å². The van der Waals surface area contributed by atoms with Gasteiger partial charge in [-0.05, 0) is 12.1 Å². The van der Waals surface area contributed by atoms with E-state index in [-0.39, 0.29) is 0 Å². The maximum Gasteiger partial charge on any atom is 0.134 e. The highest BCUT2D eigenvalue weighted by Gasteiger charge is 2.19. The van der Waals surface area contributed by atoms with Crippen molar-refractivity contribution in [2.24, 2.45) is 0 Å². The van der Waals surface area contributed by atoms with Crippen LogP contribution in [0, 0.1) is 0 Å². The number of anilines is 3. The van der Waals surface area contributed by atoms with Crippen LogP contribution in [0.4, 0.5) is 17.5 Å². The fourth-order valence-corrected chi connectivity index (χ4v) is 2.36. The summed E-state index contributed by atoms with van der Waals surface area (Å²) in [4.78, 5) is 17.5. The molecule has 1 aliphatic rings. The van der Waals surface area contributed by atoms with Gasteiger partial charge in [0.05, 0.1) is 0 Å². The van der Waals surface area contributed by atoms with Crippen molar-refractivity contribution in [1.29, 1.82) is 0 Å². The molecule has 20 heavy (non-hydrogen) atoms. The van der Waals surface area contributed by atoms with Crippen LogP contribution < -0.4 is 15.1 Å². The summed E-state index contributed by atoms with van der Waals surface area (Å²) in [6.07, 6.45) is 3.44. The highest BCUT2D eigenvalue weighted by molar-refractivity contribution is 5.50. The Labute approximate surface area is 118 Å². The number of hydrogen-bond donors (Lipinski definition) is 1. The van der Waals surface area contributed by atoms with Crippen LogP contribution >= 0.6 is 0 Å². The highest BCUT2D eigenvalue weighted by Crippen LogP contribution is 2.18. The number of pyridine rings is 1. The van der Waals surface area contributed by atoms with E-state index < -0.39 is 0 Å². The van der Waals surface area contributed by atoms with Crippen LogP contribution in [-0.4, -0.2) is 48.2 Å². The molecule has 6 nitrogen and oxygen atoms in total. The smallest absolute Gasteiger partial charge is 0.134 e. The second-order valence-corrected chi connectivity index (χ2v) is 4.67. The largest absolute Gasteiger partial charge is 0.373 e. The van der Waals surface area contributed by atoms with Crippen molar-refractivity contribution in [2.75, 3.05) is 48.3 Å². The van der Waals surface area contributed by atoms with Gasteiger partial charge < -0.3 is 15.1 Å². The van der Waals surface area contributed by atoms with Gasteiger partial charge >= 0.3 is 0 Å². The SMILES string of the molecule is CNc1cc(N2CCN(c3ccccn3)CC2)ncn1. The fraction of sp³-hybridized carbons (Fsp3) is 0.357. The van der Waals surface area contributed by atoms with Gasteiger partial charge in [-0.15, -0.1) is 0 Å². The van der Waals surface area contributed by atoms with E-state index in [1.54, 1.807) is 6.33 Å². The monoisotopic (exact) mass is 270 g/mol. The van der Waals surface area contributed by atoms with Crippen LogP contribution in [0.1, 0.15) is 0 Å². The van der Waals surface area contributed by atoms with Crippen molar-refractivity contribution in [1.82, 2.24) is 15.0 Å². The maximum atomic E-state index is 4.40. The van der Waals surface area contributed by atoms with E-state index >= 15 is 0 Å². The van der Waals surface area contributed by atoms with E-state index in [0.29, 0.717) is 0 Å². The molecule has 2 aromatic rings. The Bertz CT molecular complexity index is 551. The van der Waals surface area contributed by atoms with Crippen molar-refractivity contribution >= 4 is 17.5 Å². The molecule has 0 spiro atoms. The minimum atomic E-state index is 0.849. The molecule has 2 aromatic heterocycles. The summed E-state index contributed by atoms with van der Waals surface area (Å²) in [5.41, 5.74) is 0. The molecule has 1 N–H and O–H groups in total. The van der Waals surface area contributed by atoms with Gasteiger partial charge in [0.25, 0.3) is 0 Å². The van der Waals surface area contributed by atoms with Gasteiger partial charge in [-0.1, -0.05) is 6.07 Å². The molecule has 3 rings (SSSR count). The number of rotatable bonds is 3. The number of piperazine rings is 1. The predicted octanol–water partition coefficient (Wildman–Crippen LogP) is 1.24. The zero-order valence-corrected chi connectivity index (χ0v) is 11.5. The average Bonchev–Trinajstić information content (AvgIpc) is 2.56. The first-order chi connectivity index (χ1) is 9.86. The van der Waals surface area contributed by atoms with Crippen molar-refractivity contribution in [3.63, 3.8) is 0 Å². The summed E-state index contributed by atoms with van der Waals surface area (Å²) in [5, 5.41) is 3.04. The lowest BCUT2D eigenvalue weighted by Gasteiger charge is -2.36. The van der Waals surface area contributed by atoms with Gasteiger partial charge in [0.1, 0.15) is 23.8 Å². The normalized spacial score (nSPS) is 15.2. The lowest BCUT2D eigenvalue weighted by atomic mass is 10.3. The van der Waals surface area contributed by atoms with Crippen molar-refractivity contribution < 1.29 is 0 Å². The highest BCUT2D eigenvalue weighted by atomic mass is 15.3. The summed E-state index contributed by atoms with van der Waals surface area (Å²) < 4.78 is 0. The predicted molar refractivity (Wildman–Crippen MR) is 80.2 cm³/mol. The molecule has 0 atom stereocenters. The van der Waals surface area contributed by atoms with E-state index in [9.17, 15) is 0 Å². The van der Waals surface area contributed by atoms with Crippen LogP contribution in [0.3, 0.4) is 0 Å². The Balaban J connectivity index is 1.66. The zero-order valence-electron chi connectivity index (χ0n) is 11.5. The van der Waals surface area contributed by atoms with Gasteiger partial charge in [-0.25, -0.2) is 15.0 Å². The lowest BCUT2D eigenvalue weighted by Crippen LogP contribution is -2.47. The van der Waals surface area contributed by atoms with Gasteiger partial charge in [0.15, 0.2) is 0 Å². The van der Waals surface area contributed by atoms with Crippen molar-refractivity contribution in [3.05, 3.63) is 36.8 Å². The second kappa shape index (κ2) is 5.73. The molecule has 0 aromatic carbocycles. The quantitative estimate of drug-likeness (QED) is 0.905. The minimum absolute atomic E-state index is 0.849. The van der Waals surface area contributed by atoms with E-state index in [0.717, 1.165) is 43.6 Å². The topological polar surface area (TPSA) is 57.2 Å². The Morgan fingerprint density at radius 2 is 1.70 bits per heavy atom. The molecule has 104 valence electrons. The van der Waals surface area contributed by atoms with Crippen molar-refractivity contribution in [3.8, 4) is 0 Å². The number of hydrogen-bond acceptors (Lipinski definition) is 6. The second-order valence-electron chi connectivity index (χ2n) is 4.67. The van der Waals surface area contributed by atoms with Crippen LogP contribution in [-0.2, 0) is 0 Å². The first-order valence-electron chi connectivity index (χ1n) is 6.77. The molecule has 1 aliphatic heterocycles. The van der Waals surface area contributed by atoms with E-state index in [4.69, 9.17) is 0 Å². The molecule has 6 heteroatoms. The molecule has 0 unspecified atom stereocenters. The van der Waals surface area contributed by atoms with E-state index in [1.807, 2.05) is 31.4 Å². The van der Waals surface area contributed by atoms with E-state index in [2.05, 4.69) is 36.1 Å². The van der Waals surface area contributed by atoms with Crippen LogP contribution in [0.25, 0.3) is 0 Å². The summed E-state index contributed by atoms with van der Waals surface area (Å²) in [5.74, 6) is 2.87. The molecule has 0 aliphatic carbocycles. The fourth-order valence-electron chi connectivity index (χ4n) is 2.36. The first-order valence-corrected chi connectivity index (χ1v) is 6.77. The molecule has 0 radical (unpaired) electrons. The summed E-state index contributed by atoms with van der Waals surface area (Å²) in [6, 6.07) is 8.01. The van der Waals surface area contributed by atoms with Crippen molar-refractivity contribution in [2.45, 2.75) is 0 Å². The Morgan fingerprint density at radius 1 is 0.950 bits per heavy atom. The molecule has 0 bridgehead atoms. The third-order valence-electron chi connectivity index (χ3n) is 3.49. The van der Waals surface area contributed by atoms with Gasteiger partial charge in [-0.2, -0.15) is 0 Å². The van der Waals surface area contributed by atoms with E-state index in [1.165, 1.54) is 0 Å². The van der Waals surface area contributed by atoms with Crippen LogP contribution in [0.5, 0.6) is 0 Å². The molecule has 1 fully saturated rings. The van der Waals surface area contributed by atoms with Gasteiger partial charge in [0, 0.05) is 45.5 Å². The summed E-state index contributed by atoms with van der Waals surface area (Å²) in [6.45, 7) is 3.79. The third-order valence-corrected chi connectivity index (χ3v) is 3.49. The Hall–Kier alpha value is -2.37. The minimum Gasteiger partial charge on any atom is -0.373 e. The Morgan fingerprint density at radius 3 is 2.35 bits per heavy atom. The summed E-state index contributed by atoms with van der Waals surface area (Å²) in [7, 11) is 1.87. The molecule has 0 saturated carbocycles. The van der Waals surface area contributed by atoms with Crippen LogP contribution in [0.15, 0.2) is 36.8 Å². The number of nitrogens with one attached hydrogen (secondary N) is 1. The average molecular weight is 270 g/mol. The maximum absolute atomic E-state index is 4.40. The molecule has 1 saturated heterocycles. The number of nitrogens with zero attached hydrogens (tertiary/aromatic N) is 5. The first kappa shape index (κ1) is 12.7. The molecule has 3 heterocycles. The third kappa shape index (κ3) is 2.64. The van der Waals surface area contributed by atoms with Gasteiger partial charge in [-0.3, -0.25) is 0 Å². The standard InChI is InChI=1S/C14H18N6/c1-15-12-10-14(18-11-17-12)20-8-6-19(7-9-20)13-4-2-3-5-16-13/h2-5,10-11H,6-9H2,1H3,(H,15,17,18). The Kier molecular flexibility index (Phi) is 3.62. The number of aromatic nitrogens is 3. The molecular weight excluding hydrogens is 252 g/mol. The summed E-state index contributed by atoms with van der Waals surface area (Å²) >= 11 is 0. The molecule has 0 amide bonds. The zero-order chi connectivity index (χ0) is 13.8. The molecular formula is C14H18N6. The van der Waals surface area contributed by atoms with Crippen LogP contribution in [0.2, 0.25) is 0 Å². The lowest BCUT2D eigenvalue weighted by molar-refractivity contribution is 0.641.